The Morgan fingerprint density at radius 1 is 1.37 bits per heavy atom. The second-order valence-corrected chi connectivity index (χ2v) is 6.31. The summed E-state index contributed by atoms with van der Waals surface area (Å²) in [4.78, 5) is 14.4. The maximum absolute atomic E-state index is 12.1. The van der Waals surface area contributed by atoms with Gasteiger partial charge in [-0.15, -0.1) is 0 Å². The van der Waals surface area contributed by atoms with Gasteiger partial charge in [0.25, 0.3) is 0 Å². The first-order valence-electron chi connectivity index (χ1n) is 7.56. The van der Waals surface area contributed by atoms with Crippen LogP contribution in [-0.4, -0.2) is 50.2 Å². The third-order valence-electron chi connectivity index (χ3n) is 5.34. The first-order chi connectivity index (χ1) is 9.05. The average Bonchev–Trinajstić information content (AvgIpc) is 2.34. The Morgan fingerprint density at radius 2 is 2.00 bits per heavy atom. The van der Waals surface area contributed by atoms with Gasteiger partial charge in [-0.2, -0.15) is 0 Å². The lowest BCUT2D eigenvalue weighted by atomic mass is 9.58. The van der Waals surface area contributed by atoms with Gasteiger partial charge in [0.2, 0.25) is 5.91 Å². The lowest BCUT2D eigenvalue weighted by Crippen LogP contribution is -2.64. The van der Waals surface area contributed by atoms with Crippen LogP contribution in [0, 0.1) is 11.3 Å². The van der Waals surface area contributed by atoms with Crippen molar-refractivity contribution in [2.75, 3.05) is 27.2 Å². The van der Waals surface area contributed by atoms with Gasteiger partial charge in [0.05, 0.1) is 6.10 Å². The molecule has 1 aliphatic heterocycles. The van der Waals surface area contributed by atoms with Gasteiger partial charge in [0, 0.05) is 38.1 Å². The molecule has 2 fully saturated rings. The van der Waals surface area contributed by atoms with Crippen LogP contribution in [0.5, 0.6) is 0 Å². The van der Waals surface area contributed by atoms with E-state index < -0.39 is 0 Å². The molecule has 19 heavy (non-hydrogen) atoms. The van der Waals surface area contributed by atoms with Gasteiger partial charge < -0.3 is 15.0 Å². The van der Waals surface area contributed by atoms with E-state index in [2.05, 4.69) is 31.1 Å². The second-order valence-electron chi connectivity index (χ2n) is 6.31. The topological polar surface area (TPSA) is 41.6 Å². The normalized spacial score (nSPS) is 30.5. The van der Waals surface area contributed by atoms with E-state index >= 15 is 0 Å². The summed E-state index contributed by atoms with van der Waals surface area (Å²) in [7, 11) is 3.88. The van der Waals surface area contributed by atoms with Crippen molar-refractivity contribution in [1.29, 1.82) is 0 Å². The van der Waals surface area contributed by atoms with Gasteiger partial charge in [0.1, 0.15) is 0 Å². The second kappa shape index (κ2) is 5.80. The molecule has 0 aromatic heterocycles. The van der Waals surface area contributed by atoms with E-state index in [9.17, 15) is 4.79 Å². The molecule has 0 aromatic rings. The maximum atomic E-state index is 12.1. The summed E-state index contributed by atoms with van der Waals surface area (Å²) in [5.41, 5.74) is 0.154. The monoisotopic (exact) mass is 268 g/mol. The van der Waals surface area contributed by atoms with Crippen molar-refractivity contribution in [3.05, 3.63) is 0 Å². The highest BCUT2D eigenvalue weighted by atomic mass is 16.5. The average molecular weight is 268 g/mol. The zero-order valence-corrected chi connectivity index (χ0v) is 12.7. The first kappa shape index (κ1) is 14.8. The number of carbonyl (C=O) groups is 1. The maximum Gasteiger partial charge on any atom is 0.220 e. The first-order valence-corrected chi connectivity index (χ1v) is 7.56. The van der Waals surface area contributed by atoms with Gasteiger partial charge in [-0.1, -0.05) is 13.8 Å². The molecule has 0 aromatic carbocycles. The zero-order valence-electron chi connectivity index (χ0n) is 12.7. The summed E-state index contributed by atoms with van der Waals surface area (Å²) in [6.07, 6.45) is 4.09. The summed E-state index contributed by atoms with van der Waals surface area (Å²) in [5.74, 6) is 0.782. The third kappa shape index (κ3) is 2.65. The Hall–Kier alpha value is -0.610. The predicted molar refractivity (Wildman–Crippen MR) is 76.0 cm³/mol. The minimum atomic E-state index is 0.154. The van der Waals surface area contributed by atoms with Gasteiger partial charge in [0.15, 0.2) is 0 Å². The SMILES string of the molecule is CCC1(CC)C(NC(=O)CC2CN(C)C2)CC1OC. The van der Waals surface area contributed by atoms with Crippen LogP contribution < -0.4 is 5.32 Å². The molecule has 1 heterocycles. The molecule has 2 aliphatic rings. The molecule has 2 rings (SSSR count). The number of nitrogens with one attached hydrogen (secondary N) is 1. The number of ether oxygens (including phenoxy) is 1. The smallest absolute Gasteiger partial charge is 0.220 e. The van der Waals surface area contributed by atoms with Gasteiger partial charge in [-0.05, 0) is 32.2 Å². The van der Waals surface area contributed by atoms with Crippen LogP contribution >= 0.6 is 0 Å². The Morgan fingerprint density at radius 3 is 2.47 bits per heavy atom. The van der Waals surface area contributed by atoms with E-state index in [0.29, 0.717) is 24.5 Å². The quantitative estimate of drug-likeness (QED) is 0.796. The number of amides is 1. The van der Waals surface area contributed by atoms with Crippen LogP contribution in [-0.2, 0) is 9.53 Å². The molecule has 2 unspecified atom stereocenters. The van der Waals surface area contributed by atoms with Crippen molar-refractivity contribution < 1.29 is 9.53 Å². The minimum absolute atomic E-state index is 0.154. The summed E-state index contributed by atoms with van der Waals surface area (Å²) in [6, 6.07) is 0.303. The number of rotatable bonds is 6. The number of nitrogens with zero attached hydrogens (tertiary/aromatic N) is 1. The highest BCUT2D eigenvalue weighted by Crippen LogP contribution is 2.48. The standard InChI is InChI=1S/C15H28N2O2/c1-5-15(6-2)12(8-13(15)19-4)16-14(18)7-11-9-17(3)10-11/h11-13H,5-10H2,1-4H3,(H,16,18). The molecule has 1 aliphatic carbocycles. The largest absolute Gasteiger partial charge is 0.381 e. The molecular weight excluding hydrogens is 240 g/mol. The van der Waals surface area contributed by atoms with Crippen molar-refractivity contribution in [2.45, 2.75) is 51.7 Å². The van der Waals surface area contributed by atoms with Gasteiger partial charge in [-0.3, -0.25) is 4.79 Å². The summed E-state index contributed by atoms with van der Waals surface area (Å²) in [6.45, 7) is 6.53. The molecule has 0 radical (unpaired) electrons. The van der Waals surface area contributed by atoms with Crippen LogP contribution in [0.4, 0.5) is 0 Å². The van der Waals surface area contributed by atoms with Gasteiger partial charge in [-0.25, -0.2) is 0 Å². The molecular formula is C15H28N2O2. The Kier molecular flexibility index (Phi) is 4.51. The van der Waals surface area contributed by atoms with E-state index in [0.717, 1.165) is 32.4 Å². The number of hydrogen-bond acceptors (Lipinski definition) is 3. The Labute approximate surface area is 116 Å². The van der Waals surface area contributed by atoms with Crippen molar-refractivity contribution in [2.24, 2.45) is 11.3 Å². The number of hydrogen-bond donors (Lipinski definition) is 1. The Balaban J connectivity index is 1.83. The predicted octanol–water partition coefficient (Wildman–Crippen LogP) is 1.65. The van der Waals surface area contributed by atoms with E-state index in [1.165, 1.54) is 0 Å². The molecule has 110 valence electrons. The lowest BCUT2D eigenvalue weighted by Gasteiger charge is -2.55. The van der Waals surface area contributed by atoms with E-state index in [-0.39, 0.29) is 11.3 Å². The van der Waals surface area contributed by atoms with Crippen LogP contribution in [0.25, 0.3) is 0 Å². The van der Waals surface area contributed by atoms with Crippen molar-refractivity contribution in [3.63, 3.8) is 0 Å². The van der Waals surface area contributed by atoms with Gasteiger partial charge >= 0.3 is 0 Å². The molecule has 1 amide bonds. The lowest BCUT2D eigenvalue weighted by molar-refractivity contribution is -0.142. The van der Waals surface area contributed by atoms with Crippen LogP contribution in [0.2, 0.25) is 0 Å². The van der Waals surface area contributed by atoms with E-state index in [1.54, 1.807) is 7.11 Å². The van der Waals surface area contributed by atoms with Crippen molar-refractivity contribution >= 4 is 5.91 Å². The molecule has 0 bridgehead atoms. The number of carbonyl (C=O) groups excluding carboxylic acids is 1. The number of likely N-dealkylation sites (tertiary alicyclic amines) is 1. The van der Waals surface area contributed by atoms with E-state index in [1.807, 2.05) is 0 Å². The number of methoxy groups -OCH3 is 1. The van der Waals surface area contributed by atoms with Crippen LogP contribution in [0.3, 0.4) is 0 Å². The molecule has 1 N–H and O–H groups in total. The van der Waals surface area contributed by atoms with Crippen LogP contribution in [0.1, 0.15) is 39.5 Å². The molecule has 0 spiro atoms. The van der Waals surface area contributed by atoms with Crippen LogP contribution in [0.15, 0.2) is 0 Å². The Bertz CT molecular complexity index is 322. The highest BCUT2D eigenvalue weighted by molar-refractivity contribution is 5.77. The fraction of sp³-hybridized carbons (Fsp3) is 0.933. The van der Waals surface area contributed by atoms with E-state index in [4.69, 9.17) is 4.74 Å². The molecule has 1 saturated carbocycles. The fourth-order valence-electron chi connectivity index (χ4n) is 3.95. The molecule has 1 saturated heterocycles. The minimum Gasteiger partial charge on any atom is -0.381 e. The summed E-state index contributed by atoms with van der Waals surface area (Å²) < 4.78 is 5.57. The highest BCUT2D eigenvalue weighted by Gasteiger charge is 2.53. The molecule has 2 atom stereocenters. The third-order valence-corrected chi connectivity index (χ3v) is 5.34. The molecule has 4 nitrogen and oxygen atoms in total. The summed E-state index contributed by atoms with van der Waals surface area (Å²) in [5, 5.41) is 3.25. The molecule has 4 heteroatoms. The summed E-state index contributed by atoms with van der Waals surface area (Å²) >= 11 is 0. The van der Waals surface area contributed by atoms with Crippen molar-refractivity contribution in [3.8, 4) is 0 Å². The zero-order chi connectivity index (χ0) is 14.0. The van der Waals surface area contributed by atoms with Crippen molar-refractivity contribution in [1.82, 2.24) is 10.2 Å². The fourth-order valence-corrected chi connectivity index (χ4v) is 3.95.